The smallest absolute Gasteiger partial charge is 0.258 e. The Balaban J connectivity index is 2.59. The van der Waals surface area contributed by atoms with E-state index in [1.165, 1.54) is 6.20 Å². The summed E-state index contributed by atoms with van der Waals surface area (Å²) in [5.41, 5.74) is 5.51. The molecule has 0 atom stereocenters. The molecule has 5 nitrogen and oxygen atoms in total. The van der Waals surface area contributed by atoms with Crippen molar-refractivity contribution in [2.24, 2.45) is 0 Å². The quantitative estimate of drug-likeness (QED) is 0.799. The Morgan fingerprint density at radius 2 is 2.31 bits per heavy atom. The minimum absolute atomic E-state index is 0.277. The summed E-state index contributed by atoms with van der Waals surface area (Å²) >= 11 is 3.16. The van der Waals surface area contributed by atoms with Crippen LogP contribution in [-0.4, -0.2) is 30.3 Å². The fraction of sp³-hybridized carbons (Fsp3) is 0.429. The summed E-state index contributed by atoms with van der Waals surface area (Å²) in [6.07, 6.45) is 1.51. The third-order valence-electron chi connectivity index (χ3n) is 1.26. The van der Waals surface area contributed by atoms with Crippen LogP contribution in [0.1, 0.15) is 0 Å². The van der Waals surface area contributed by atoms with Crippen molar-refractivity contribution in [2.75, 3.05) is 26.1 Å². The third-order valence-corrected chi connectivity index (χ3v) is 1.65. The van der Waals surface area contributed by atoms with E-state index in [0.29, 0.717) is 23.7 Å². The molecule has 1 aromatic rings. The largest absolute Gasteiger partial charge is 0.473 e. The van der Waals surface area contributed by atoms with Gasteiger partial charge in [-0.2, -0.15) is 0 Å². The van der Waals surface area contributed by atoms with E-state index in [1.54, 1.807) is 7.11 Å². The van der Waals surface area contributed by atoms with Crippen molar-refractivity contribution in [3.8, 4) is 5.88 Å². The Labute approximate surface area is 84.4 Å². The number of nitrogens with two attached hydrogens (primary N) is 1. The van der Waals surface area contributed by atoms with E-state index in [9.17, 15) is 0 Å². The minimum Gasteiger partial charge on any atom is -0.473 e. The Kier molecular flexibility index (Phi) is 3.91. The zero-order chi connectivity index (χ0) is 9.68. The van der Waals surface area contributed by atoms with E-state index in [-0.39, 0.29) is 5.82 Å². The number of aromatic nitrogens is 2. The lowest BCUT2D eigenvalue weighted by atomic mass is 10.6. The monoisotopic (exact) mass is 247 g/mol. The maximum Gasteiger partial charge on any atom is 0.258 e. The van der Waals surface area contributed by atoms with Gasteiger partial charge in [-0.1, -0.05) is 0 Å². The first-order valence-electron chi connectivity index (χ1n) is 3.64. The molecule has 0 aliphatic heterocycles. The third kappa shape index (κ3) is 3.16. The van der Waals surface area contributed by atoms with Crippen LogP contribution >= 0.6 is 15.9 Å². The van der Waals surface area contributed by atoms with Crippen molar-refractivity contribution in [3.63, 3.8) is 0 Å². The van der Waals surface area contributed by atoms with Gasteiger partial charge in [0.1, 0.15) is 11.2 Å². The molecule has 0 bridgehead atoms. The van der Waals surface area contributed by atoms with E-state index < -0.39 is 0 Å². The molecule has 0 aliphatic rings. The van der Waals surface area contributed by atoms with Crippen LogP contribution in [0.5, 0.6) is 5.88 Å². The number of anilines is 1. The van der Waals surface area contributed by atoms with Gasteiger partial charge in [-0.05, 0) is 15.9 Å². The molecule has 0 amide bonds. The average Bonchev–Trinajstić information content (AvgIpc) is 2.11. The van der Waals surface area contributed by atoms with E-state index in [2.05, 4.69) is 25.9 Å². The van der Waals surface area contributed by atoms with Gasteiger partial charge < -0.3 is 15.2 Å². The van der Waals surface area contributed by atoms with Crippen molar-refractivity contribution in [3.05, 3.63) is 10.8 Å². The van der Waals surface area contributed by atoms with Crippen molar-refractivity contribution in [1.82, 2.24) is 9.97 Å². The summed E-state index contributed by atoms with van der Waals surface area (Å²) in [7, 11) is 1.60. The minimum atomic E-state index is 0.277. The van der Waals surface area contributed by atoms with E-state index in [4.69, 9.17) is 15.2 Å². The molecule has 1 rings (SSSR count). The van der Waals surface area contributed by atoms with Gasteiger partial charge in [-0.3, -0.25) is 0 Å². The molecule has 13 heavy (non-hydrogen) atoms. The highest BCUT2D eigenvalue weighted by atomic mass is 79.9. The van der Waals surface area contributed by atoms with Gasteiger partial charge in [0.05, 0.1) is 12.8 Å². The highest BCUT2D eigenvalue weighted by Crippen LogP contribution is 2.17. The van der Waals surface area contributed by atoms with Gasteiger partial charge in [0, 0.05) is 7.11 Å². The van der Waals surface area contributed by atoms with Gasteiger partial charge >= 0.3 is 0 Å². The molecule has 0 aliphatic carbocycles. The Bertz CT molecular complexity index is 282. The van der Waals surface area contributed by atoms with Gasteiger partial charge in [-0.25, -0.2) is 9.97 Å². The number of nitrogens with zero attached hydrogens (tertiary/aromatic N) is 2. The Morgan fingerprint density at radius 1 is 1.54 bits per heavy atom. The predicted octanol–water partition coefficient (Wildman–Crippen LogP) is 0.847. The normalized spacial score (nSPS) is 10.0. The molecule has 1 aromatic heterocycles. The second-order valence-electron chi connectivity index (χ2n) is 2.22. The molecule has 0 spiro atoms. The summed E-state index contributed by atoms with van der Waals surface area (Å²) in [6, 6.07) is 0. The summed E-state index contributed by atoms with van der Waals surface area (Å²) in [5, 5.41) is 0. The predicted molar refractivity (Wildman–Crippen MR) is 51.5 cm³/mol. The Morgan fingerprint density at radius 3 is 3.00 bits per heavy atom. The number of rotatable bonds is 4. The average molecular weight is 248 g/mol. The van der Waals surface area contributed by atoms with E-state index in [0.717, 1.165) is 0 Å². The molecule has 0 unspecified atom stereocenters. The number of hydrogen-bond donors (Lipinski definition) is 1. The van der Waals surface area contributed by atoms with Crippen LogP contribution in [0.2, 0.25) is 0 Å². The highest BCUT2D eigenvalue weighted by Gasteiger charge is 2.03. The lowest BCUT2D eigenvalue weighted by Crippen LogP contribution is -2.08. The second kappa shape index (κ2) is 4.98. The molecule has 0 saturated carbocycles. The zero-order valence-electron chi connectivity index (χ0n) is 7.16. The van der Waals surface area contributed by atoms with E-state index in [1.807, 2.05) is 0 Å². The molecular weight excluding hydrogens is 238 g/mol. The van der Waals surface area contributed by atoms with Gasteiger partial charge in [0.25, 0.3) is 5.88 Å². The maximum absolute atomic E-state index is 5.51. The number of nitrogen functional groups attached to an aromatic ring is 1. The first kappa shape index (κ1) is 10.2. The number of ether oxygens (including phenoxy) is 2. The molecule has 0 fully saturated rings. The molecule has 2 N–H and O–H groups in total. The van der Waals surface area contributed by atoms with Crippen LogP contribution in [0, 0.1) is 0 Å². The van der Waals surface area contributed by atoms with Crippen molar-refractivity contribution in [1.29, 1.82) is 0 Å². The van der Waals surface area contributed by atoms with Crippen molar-refractivity contribution in [2.45, 2.75) is 0 Å². The fourth-order valence-corrected chi connectivity index (χ4v) is 0.952. The van der Waals surface area contributed by atoms with E-state index >= 15 is 0 Å². The van der Waals surface area contributed by atoms with Crippen LogP contribution in [0.3, 0.4) is 0 Å². The molecule has 1 heterocycles. The fourth-order valence-electron chi connectivity index (χ4n) is 0.689. The van der Waals surface area contributed by atoms with Crippen molar-refractivity contribution >= 4 is 21.7 Å². The van der Waals surface area contributed by atoms with Crippen LogP contribution in [0.4, 0.5) is 5.82 Å². The molecule has 0 radical (unpaired) electrons. The van der Waals surface area contributed by atoms with Crippen LogP contribution in [0.25, 0.3) is 0 Å². The lowest BCUT2D eigenvalue weighted by Gasteiger charge is -2.05. The molecule has 0 saturated heterocycles. The number of halogens is 1. The van der Waals surface area contributed by atoms with Crippen LogP contribution < -0.4 is 10.5 Å². The first-order valence-corrected chi connectivity index (χ1v) is 4.43. The first-order chi connectivity index (χ1) is 6.24. The second-order valence-corrected chi connectivity index (χ2v) is 3.04. The molecule has 72 valence electrons. The van der Waals surface area contributed by atoms with Gasteiger partial charge in [0.15, 0.2) is 5.82 Å². The van der Waals surface area contributed by atoms with Gasteiger partial charge in [-0.15, -0.1) is 0 Å². The molecule has 6 heteroatoms. The number of methoxy groups -OCH3 is 1. The standard InChI is InChI=1S/C7H10BrN3O2/c1-12-2-3-13-7-6(9)10-4-5(8)11-7/h4H,2-3H2,1H3,(H2,9,10). The summed E-state index contributed by atoms with van der Waals surface area (Å²) < 4.78 is 10.6. The molecular formula is C7H10BrN3O2. The zero-order valence-corrected chi connectivity index (χ0v) is 8.74. The summed E-state index contributed by atoms with van der Waals surface area (Å²) in [6.45, 7) is 0.902. The highest BCUT2D eigenvalue weighted by molar-refractivity contribution is 9.10. The summed E-state index contributed by atoms with van der Waals surface area (Å²) in [5.74, 6) is 0.603. The van der Waals surface area contributed by atoms with Gasteiger partial charge in [0.2, 0.25) is 0 Å². The maximum atomic E-state index is 5.51. The Hall–Kier alpha value is -0.880. The summed E-state index contributed by atoms with van der Waals surface area (Å²) in [4.78, 5) is 7.86. The SMILES string of the molecule is COCCOc1nc(Br)cnc1N. The topological polar surface area (TPSA) is 70.3 Å². The lowest BCUT2D eigenvalue weighted by molar-refractivity contribution is 0.144. The van der Waals surface area contributed by atoms with Crippen molar-refractivity contribution < 1.29 is 9.47 Å². The number of hydrogen-bond acceptors (Lipinski definition) is 5. The van der Waals surface area contributed by atoms with Crippen LogP contribution in [0.15, 0.2) is 10.8 Å². The molecule has 0 aromatic carbocycles. The van der Waals surface area contributed by atoms with Crippen LogP contribution in [-0.2, 0) is 4.74 Å².